The Bertz CT molecular complexity index is 834. The van der Waals surface area contributed by atoms with Gasteiger partial charge in [-0.25, -0.2) is 13.9 Å². The minimum absolute atomic E-state index is 0.0931. The Morgan fingerprint density at radius 2 is 2.25 bits per heavy atom. The second kappa shape index (κ2) is 4.19. The fourth-order valence-electron chi connectivity index (χ4n) is 2.65. The largest absolute Gasteiger partial charge is 0.383 e. The minimum Gasteiger partial charge on any atom is -0.383 e. The summed E-state index contributed by atoms with van der Waals surface area (Å²) in [4.78, 5) is 16.6. The van der Waals surface area contributed by atoms with Crippen LogP contribution in [0.15, 0.2) is 41.5 Å². The van der Waals surface area contributed by atoms with Crippen molar-refractivity contribution in [1.29, 1.82) is 0 Å². The zero-order valence-electron chi connectivity index (χ0n) is 10.8. The van der Waals surface area contributed by atoms with Gasteiger partial charge >= 0.3 is 5.69 Å². The molecule has 1 aliphatic rings. The molecule has 0 aliphatic carbocycles. The van der Waals surface area contributed by atoms with Crippen molar-refractivity contribution in [3.63, 3.8) is 0 Å². The summed E-state index contributed by atoms with van der Waals surface area (Å²) in [5, 5.41) is 7.67. The van der Waals surface area contributed by atoms with E-state index in [1.807, 2.05) is 24.3 Å². The van der Waals surface area contributed by atoms with E-state index in [9.17, 15) is 4.79 Å². The standard InChI is InChI=1S/C14H13N5O/c20-14-18(9-10-2-1-6-15-8-10)17-13-4-3-11-12(19(13)14)5-7-16-11/h1-4,6,8,16H,5,7,9H2. The molecule has 4 rings (SSSR count). The highest BCUT2D eigenvalue weighted by Crippen LogP contribution is 2.21. The van der Waals surface area contributed by atoms with E-state index in [4.69, 9.17) is 0 Å². The van der Waals surface area contributed by atoms with Gasteiger partial charge in [-0.2, -0.15) is 0 Å². The molecule has 0 unspecified atom stereocenters. The first kappa shape index (κ1) is 11.2. The van der Waals surface area contributed by atoms with Crippen molar-refractivity contribution in [1.82, 2.24) is 19.2 Å². The van der Waals surface area contributed by atoms with Crippen LogP contribution in [0.3, 0.4) is 0 Å². The zero-order valence-corrected chi connectivity index (χ0v) is 10.8. The highest BCUT2D eigenvalue weighted by Gasteiger charge is 2.17. The molecule has 0 atom stereocenters. The van der Waals surface area contributed by atoms with Crippen molar-refractivity contribution >= 4 is 11.3 Å². The van der Waals surface area contributed by atoms with Crippen molar-refractivity contribution in [2.75, 3.05) is 11.9 Å². The molecule has 100 valence electrons. The monoisotopic (exact) mass is 267 g/mol. The summed E-state index contributed by atoms with van der Waals surface area (Å²) in [5.74, 6) is 0. The summed E-state index contributed by atoms with van der Waals surface area (Å²) in [7, 11) is 0. The second-order valence-electron chi connectivity index (χ2n) is 4.87. The average Bonchev–Trinajstić information content (AvgIpc) is 3.05. The van der Waals surface area contributed by atoms with Crippen molar-refractivity contribution in [2.24, 2.45) is 0 Å². The Labute approximate surface area is 114 Å². The summed E-state index contributed by atoms with van der Waals surface area (Å²) in [6.45, 7) is 1.31. The molecule has 0 saturated carbocycles. The lowest BCUT2D eigenvalue weighted by Gasteiger charge is -2.00. The molecule has 0 amide bonds. The Morgan fingerprint density at radius 3 is 3.10 bits per heavy atom. The van der Waals surface area contributed by atoms with Crippen LogP contribution >= 0.6 is 0 Å². The van der Waals surface area contributed by atoms with E-state index in [-0.39, 0.29) is 5.69 Å². The fraction of sp³-hybridized carbons (Fsp3) is 0.214. The van der Waals surface area contributed by atoms with Gasteiger partial charge < -0.3 is 5.32 Å². The van der Waals surface area contributed by atoms with Crippen LogP contribution in [-0.2, 0) is 13.0 Å². The first-order valence-corrected chi connectivity index (χ1v) is 6.57. The molecule has 6 heteroatoms. The highest BCUT2D eigenvalue weighted by atomic mass is 16.2. The highest BCUT2D eigenvalue weighted by molar-refractivity contribution is 5.58. The van der Waals surface area contributed by atoms with Crippen LogP contribution in [0.4, 0.5) is 5.69 Å². The molecule has 1 N–H and O–H groups in total. The summed E-state index contributed by atoms with van der Waals surface area (Å²) in [6, 6.07) is 7.66. The van der Waals surface area contributed by atoms with E-state index in [1.165, 1.54) is 4.68 Å². The topological polar surface area (TPSA) is 64.2 Å². The Kier molecular flexibility index (Phi) is 2.35. The van der Waals surface area contributed by atoms with Crippen LogP contribution in [0, 0.1) is 0 Å². The Morgan fingerprint density at radius 1 is 1.30 bits per heavy atom. The third kappa shape index (κ3) is 1.61. The van der Waals surface area contributed by atoms with Gasteiger partial charge in [0.1, 0.15) is 0 Å². The molecule has 4 heterocycles. The Hall–Kier alpha value is -2.63. The molecule has 0 fully saturated rings. The van der Waals surface area contributed by atoms with Gasteiger partial charge in [-0.1, -0.05) is 6.07 Å². The third-order valence-electron chi connectivity index (χ3n) is 3.58. The van der Waals surface area contributed by atoms with Crippen LogP contribution in [0.1, 0.15) is 11.3 Å². The van der Waals surface area contributed by atoms with E-state index in [0.717, 1.165) is 29.9 Å². The summed E-state index contributed by atoms with van der Waals surface area (Å²) in [6.07, 6.45) is 4.32. The number of anilines is 1. The molecule has 0 radical (unpaired) electrons. The quantitative estimate of drug-likeness (QED) is 0.749. The maximum Gasteiger partial charge on any atom is 0.350 e. The van der Waals surface area contributed by atoms with Crippen LogP contribution in [0.2, 0.25) is 0 Å². The molecule has 0 bridgehead atoms. The minimum atomic E-state index is -0.0931. The molecular weight excluding hydrogens is 254 g/mol. The van der Waals surface area contributed by atoms with E-state index in [2.05, 4.69) is 15.4 Å². The maximum atomic E-state index is 12.5. The normalized spacial score (nSPS) is 13.4. The molecule has 6 nitrogen and oxygen atoms in total. The SMILES string of the molecule is O=c1n(Cc2cccnc2)nc2ccc3c(n12)CCN3. The van der Waals surface area contributed by atoms with Gasteiger partial charge in [0.05, 0.1) is 17.9 Å². The van der Waals surface area contributed by atoms with Crippen LogP contribution in [0.5, 0.6) is 0 Å². The molecular formula is C14H13N5O. The number of nitrogens with one attached hydrogen (secondary N) is 1. The molecule has 20 heavy (non-hydrogen) atoms. The molecule has 3 aromatic heterocycles. The third-order valence-corrected chi connectivity index (χ3v) is 3.58. The number of hydrogen-bond acceptors (Lipinski definition) is 4. The van der Waals surface area contributed by atoms with Crippen molar-refractivity contribution in [3.8, 4) is 0 Å². The fourth-order valence-corrected chi connectivity index (χ4v) is 2.65. The van der Waals surface area contributed by atoms with Crippen molar-refractivity contribution < 1.29 is 0 Å². The van der Waals surface area contributed by atoms with Gasteiger partial charge in [-0.15, -0.1) is 5.10 Å². The lowest BCUT2D eigenvalue weighted by molar-refractivity contribution is 0.655. The maximum absolute atomic E-state index is 12.5. The first-order chi connectivity index (χ1) is 9.83. The molecule has 0 saturated heterocycles. The van der Waals surface area contributed by atoms with Gasteiger partial charge in [0.15, 0.2) is 5.65 Å². The lowest BCUT2D eigenvalue weighted by Crippen LogP contribution is -2.23. The van der Waals surface area contributed by atoms with E-state index < -0.39 is 0 Å². The number of pyridine rings is 2. The van der Waals surface area contributed by atoms with E-state index in [1.54, 1.807) is 16.8 Å². The predicted molar refractivity (Wildman–Crippen MR) is 75.0 cm³/mol. The summed E-state index contributed by atoms with van der Waals surface area (Å²) in [5.41, 5.74) is 3.61. The summed E-state index contributed by atoms with van der Waals surface area (Å²) < 4.78 is 3.19. The number of fused-ring (bicyclic) bond motifs is 3. The number of rotatable bonds is 2. The second-order valence-corrected chi connectivity index (χ2v) is 4.87. The van der Waals surface area contributed by atoms with Gasteiger partial charge in [-0.3, -0.25) is 4.98 Å². The van der Waals surface area contributed by atoms with Crippen LogP contribution in [0.25, 0.3) is 5.65 Å². The van der Waals surface area contributed by atoms with Crippen molar-refractivity contribution in [2.45, 2.75) is 13.0 Å². The van der Waals surface area contributed by atoms with Gasteiger partial charge in [0.2, 0.25) is 0 Å². The smallest absolute Gasteiger partial charge is 0.350 e. The Balaban J connectivity index is 1.86. The molecule has 0 aromatic carbocycles. The molecule has 1 aliphatic heterocycles. The average molecular weight is 267 g/mol. The molecule has 3 aromatic rings. The zero-order chi connectivity index (χ0) is 13.5. The van der Waals surface area contributed by atoms with E-state index in [0.29, 0.717) is 12.2 Å². The number of nitrogens with zero attached hydrogens (tertiary/aromatic N) is 4. The van der Waals surface area contributed by atoms with Gasteiger partial charge in [0.25, 0.3) is 0 Å². The van der Waals surface area contributed by atoms with Crippen molar-refractivity contribution in [3.05, 3.63) is 58.4 Å². The lowest BCUT2D eigenvalue weighted by atomic mass is 10.3. The first-order valence-electron chi connectivity index (χ1n) is 6.57. The van der Waals surface area contributed by atoms with Gasteiger partial charge in [0, 0.05) is 25.4 Å². The summed E-state index contributed by atoms with van der Waals surface area (Å²) >= 11 is 0. The van der Waals surface area contributed by atoms with Gasteiger partial charge in [-0.05, 0) is 23.8 Å². The molecule has 0 spiro atoms. The van der Waals surface area contributed by atoms with Crippen LogP contribution < -0.4 is 11.0 Å². The van der Waals surface area contributed by atoms with E-state index >= 15 is 0 Å². The number of aromatic nitrogens is 4. The number of hydrogen-bond donors (Lipinski definition) is 1. The van der Waals surface area contributed by atoms with Crippen LogP contribution in [-0.4, -0.2) is 25.7 Å². The predicted octanol–water partition coefficient (Wildman–Crippen LogP) is 0.907.